The van der Waals surface area contributed by atoms with E-state index in [1.807, 2.05) is 25.1 Å². The topological polar surface area (TPSA) is 93.5 Å². The Morgan fingerprint density at radius 3 is 2.73 bits per heavy atom. The van der Waals surface area contributed by atoms with Gasteiger partial charge in [-0.2, -0.15) is 0 Å². The van der Waals surface area contributed by atoms with E-state index < -0.39 is 5.97 Å². The van der Waals surface area contributed by atoms with E-state index in [2.05, 4.69) is 10.6 Å². The highest BCUT2D eigenvalue weighted by Crippen LogP contribution is 2.32. The molecule has 8 heteroatoms. The molecule has 26 heavy (non-hydrogen) atoms. The Balaban J connectivity index is 2.30. The molecule has 0 aliphatic rings. The van der Waals surface area contributed by atoms with Gasteiger partial charge in [0.1, 0.15) is 5.00 Å². The van der Waals surface area contributed by atoms with Crippen LogP contribution < -0.4 is 16.4 Å². The number of amides is 1. The summed E-state index contributed by atoms with van der Waals surface area (Å²) in [5, 5.41) is 6.82. The summed E-state index contributed by atoms with van der Waals surface area (Å²) in [5.41, 5.74) is 7.79. The molecular formula is C18H22ClN3O3S. The number of nitrogens with two attached hydrogens (primary N) is 1. The van der Waals surface area contributed by atoms with Crippen molar-refractivity contribution in [3.63, 3.8) is 0 Å². The number of hydrogen-bond donors (Lipinski definition) is 3. The summed E-state index contributed by atoms with van der Waals surface area (Å²) in [7, 11) is 1.54. The van der Waals surface area contributed by atoms with E-state index in [0.717, 1.165) is 16.9 Å². The highest BCUT2D eigenvalue weighted by Gasteiger charge is 2.26. The molecule has 0 saturated heterocycles. The van der Waals surface area contributed by atoms with Crippen LogP contribution in [0.5, 0.6) is 0 Å². The summed E-state index contributed by atoms with van der Waals surface area (Å²) in [6, 6.07) is 7.46. The second-order valence-electron chi connectivity index (χ2n) is 5.61. The summed E-state index contributed by atoms with van der Waals surface area (Å²) in [5.74, 6) is -0.812. The SMILES string of the molecule is CCOC(=O)c1c(N)sc(C(=O)NC)c1CN[C@H](C)c1cccc(Cl)c1. The maximum absolute atomic E-state index is 12.3. The van der Waals surface area contributed by atoms with Crippen LogP contribution in [0, 0.1) is 0 Å². The van der Waals surface area contributed by atoms with E-state index in [-0.39, 0.29) is 35.7 Å². The molecule has 0 saturated carbocycles. The zero-order valence-electron chi connectivity index (χ0n) is 14.9. The summed E-state index contributed by atoms with van der Waals surface area (Å²) in [6.07, 6.45) is 0. The van der Waals surface area contributed by atoms with Crippen molar-refractivity contribution in [2.45, 2.75) is 26.4 Å². The van der Waals surface area contributed by atoms with Gasteiger partial charge in [-0.05, 0) is 31.5 Å². The lowest BCUT2D eigenvalue weighted by Gasteiger charge is -2.16. The lowest BCUT2D eigenvalue weighted by molar-refractivity contribution is 0.0526. The van der Waals surface area contributed by atoms with Gasteiger partial charge in [0.25, 0.3) is 5.91 Å². The predicted molar refractivity (Wildman–Crippen MR) is 105 cm³/mol. The van der Waals surface area contributed by atoms with Crippen molar-refractivity contribution in [3.05, 3.63) is 50.9 Å². The number of ether oxygens (including phenoxy) is 1. The average molecular weight is 396 g/mol. The molecule has 0 fully saturated rings. The number of hydrogen-bond acceptors (Lipinski definition) is 6. The van der Waals surface area contributed by atoms with E-state index in [4.69, 9.17) is 22.1 Å². The molecule has 0 radical (unpaired) electrons. The van der Waals surface area contributed by atoms with Gasteiger partial charge in [-0.25, -0.2) is 4.79 Å². The normalized spacial score (nSPS) is 11.8. The maximum Gasteiger partial charge on any atom is 0.341 e. The minimum atomic E-state index is -0.524. The van der Waals surface area contributed by atoms with Gasteiger partial charge in [-0.3, -0.25) is 4.79 Å². The fraction of sp³-hybridized carbons (Fsp3) is 0.333. The van der Waals surface area contributed by atoms with Gasteiger partial charge in [0, 0.05) is 30.2 Å². The first-order valence-corrected chi connectivity index (χ1v) is 9.37. The van der Waals surface area contributed by atoms with Crippen molar-refractivity contribution in [3.8, 4) is 0 Å². The van der Waals surface area contributed by atoms with Crippen molar-refractivity contribution >= 4 is 39.8 Å². The van der Waals surface area contributed by atoms with E-state index in [1.165, 1.54) is 7.05 Å². The van der Waals surface area contributed by atoms with Gasteiger partial charge in [-0.1, -0.05) is 23.7 Å². The first kappa shape index (κ1) is 20.2. The van der Waals surface area contributed by atoms with Crippen molar-refractivity contribution in [2.75, 3.05) is 19.4 Å². The molecule has 1 amide bonds. The van der Waals surface area contributed by atoms with E-state index in [0.29, 0.717) is 15.5 Å². The van der Waals surface area contributed by atoms with Gasteiger partial charge >= 0.3 is 5.97 Å². The highest BCUT2D eigenvalue weighted by molar-refractivity contribution is 7.18. The summed E-state index contributed by atoms with van der Waals surface area (Å²) in [6.45, 7) is 4.22. The number of halogens is 1. The van der Waals surface area contributed by atoms with Crippen molar-refractivity contribution in [1.29, 1.82) is 0 Å². The standard InChI is InChI=1S/C18H22ClN3O3S/c1-4-25-18(24)14-13(15(17(23)21-3)26-16(14)20)9-22-10(2)11-6-5-7-12(19)8-11/h5-8,10,22H,4,9,20H2,1-3H3,(H,21,23)/t10-/m1/s1. The lowest BCUT2D eigenvalue weighted by Crippen LogP contribution is -2.24. The summed E-state index contributed by atoms with van der Waals surface area (Å²) in [4.78, 5) is 24.9. The molecule has 4 N–H and O–H groups in total. The van der Waals surface area contributed by atoms with Crippen LogP contribution >= 0.6 is 22.9 Å². The molecule has 1 heterocycles. The van der Waals surface area contributed by atoms with Gasteiger partial charge < -0.3 is 21.1 Å². The van der Waals surface area contributed by atoms with Crippen molar-refractivity contribution in [1.82, 2.24) is 10.6 Å². The molecule has 1 atom stereocenters. The van der Waals surface area contributed by atoms with Gasteiger partial charge in [-0.15, -0.1) is 11.3 Å². The third kappa shape index (κ3) is 4.55. The fourth-order valence-corrected chi connectivity index (χ4v) is 3.75. The Hall–Kier alpha value is -2.09. The number of esters is 1. The maximum atomic E-state index is 12.3. The Morgan fingerprint density at radius 2 is 2.12 bits per heavy atom. The number of rotatable bonds is 7. The predicted octanol–water partition coefficient (Wildman–Crippen LogP) is 3.37. The zero-order valence-corrected chi connectivity index (χ0v) is 16.5. The molecule has 0 bridgehead atoms. The molecule has 0 aliphatic carbocycles. The molecule has 6 nitrogen and oxygen atoms in total. The number of carbonyl (C=O) groups excluding carboxylic acids is 2. The Kier molecular flexibility index (Phi) is 7.02. The second kappa shape index (κ2) is 9.02. The first-order chi connectivity index (χ1) is 12.4. The summed E-state index contributed by atoms with van der Waals surface area (Å²) < 4.78 is 5.09. The van der Waals surface area contributed by atoms with Crippen LogP contribution in [0.3, 0.4) is 0 Å². The first-order valence-electron chi connectivity index (χ1n) is 8.18. The fourth-order valence-electron chi connectivity index (χ4n) is 2.53. The average Bonchev–Trinajstić information content (AvgIpc) is 2.95. The van der Waals surface area contributed by atoms with Crippen LogP contribution in [0.2, 0.25) is 5.02 Å². The Labute approximate surface area is 161 Å². The minimum absolute atomic E-state index is 0.0394. The smallest absolute Gasteiger partial charge is 0.341 e. The molecule has 2 aromatic rings. The van der Waals surface area contributed by atoms with Gasteiger partial charge in [0.2, 0.25) is 0 Å². The monoisotopic (exact) mass is 395 g/mol. The van der Waals surface area contributed by atoms with Crippen LogP contribution in [0.1, 0.15) is 51.0 Å². The zero-order chi connectivity index (χ0) is 19.3. The van der Waals surface area contributed by atoms with Crippen LogP contribution in [-0.2, 0) is 11.3 Å². The van der Waals surface area contributed by atoms with Crippen LogP contribution in [0.4, 0.5) is 5.00 Å². The molecule has 0 spiro atoms. The minimum Gasteiger partial charge on any atom is -0.462 e. The molecular weight excluding hydrogens is 374 g/mol. The van der Waals surface area contributed by atoms with E-state index >= 15 is 0 Å². The second-order valence-corrected chi connectivity index (χ2v) is 7.09. The third-order valence-corrected chi connectivity index (χ3v) is 5.18. The largest absolute Gasteiger partial charge is 0.462 e. The summed E-state index contributed by atoms with van der Waals surface area (Å²) >= 11 is 7.12. The molecule has 1 aromatic heterocycles. The molecule has 2 rings (SSSR count). The van der Waals surface area contributed by atoms with E-state index in [1.54, 1.807) is 13.0 Å². The highest BCUT2D eigenvalue weighted by atomic mass is 35.5. The van der Waals surface area contributed by atoms with E-state index in [9.17, 15) is 9.59 Å². The number of benzene rings is 1. The Bertz CT molecular complexity index is 807. The number of thiophene rings is 1. The van der Waals surface area contributed by atoms with Crippen LogP contribution in [0.25, 0.3) is 0 Å². The quantitative estimate of drug-likeness (QED) is 0.625. The Morgan fingerprint density at radius 1 is 1.38 bits per heavy atom. The number of nitrogen functional groups attached to an aromatic ring is 1. The molecule has 0 aliphatic heterocycles. The number of anilines is 1. The lowest BCUT2D eigenvalue weighted by atomic mass is 10.1. The van der Waals surface area contributed by atoms with Gasteiger partial charge in [0.15, 0.2) is 0 Å². The molecule has 140 valence electrons. The van der Waals surface area contributed by atoms with Crippen molar-refractivity contribution in [2.24, 2.45) is 0 Å². The van der Waals surface area contributed by atoms with Crippen LogP contribution in [0.15, 0.2) is 24.3 Å². The molecule has 1 aromatic carbocycles. The van der Waals surface area contributed by atoms with Crippen molar-refractivity contribution < 1.29 is 14.3 Å². The number of nitrogens with one attached hydrogen (secondary N) is 2. The molecule has 0 unspecified atom stereocenters. The third-order valence-electron chi connectivity index (χ3n) is 3.88. The van der Waals surface area contributed by atoms with Crippen LogP contribution in [-0.4, -0.2) is 25.5 Å². The van der Waals surface area contributed by atoms with Gasteiger partial charge in [0.05, 0.1) is 17.0 Å². The number of carbonyl (C=O) groups is 2.